The molecule has 0 N–H and O–H groups in total. The smallest absolute Gasteiger partial charge is 0.134 e. The van der Waals surface area contributed by atoms with E-state index in [0.29, 0.717) is 13.2 Å². The molecule has 100 valence electrons. The van der Waals surface area contributed by atoms with Gasteiger partial charge in [0.05, 0.1) is 16.8 Å². The van der Waals surface area contributed by atoms with Gasteiger partial charge in [-0.3, -0.25) is 4.98 Å². The Bertz CT molecular complexity index is 558. The van der Waals surface area contributed by atoms with E-state index >= 15 is 0 Å². The Balaban J connectivity index is 2.03. The summed E-state index contributed by atoms with van der Waals surface area (Å²) in [6.07, 6.45) is 1.79. The van der Waals surface area contributed by atoms with E-state index in [0.717, 1.165) is 21.7 Å². The second-order valence-corrected chi connectivity index (χ2v) is 4.99. The Morgan fingerprint density at radius 1 is 1.16 bits per heavy atom. The monoisotopic (exact) mass is 321 g/mol. The Morgan fingerprint density at radius 2 is 2.00 bits per heavy atom. The van der Waals surface area contributed by atoms with Crippen LogP contribution in [-0.4, -0.2) is 11.6 Å². The summed E-state index contributed by atoms with van der Waals surface area (Å²) in [5, 5.41) is 0. The molecule has 1 aromatic heterocycles. The lowest BCUT2D eigenvalue weighted by Crippen LogP contribution is -1.99. The number of aryl methyl sites for hydroxylation is 1. The standard InChI is InChI=1S/C15H16BrNO2/c1-3-18-13-4-5-15(14(16)9-13)19-10-12-8-11(2)6-7-17-12/h4-9H,3,10H2,1-2H3. The molecule has 4 heteroatoms. The number of hydrogen-bond donors (Lipinski definition) is 0. The molecule has 0 bridgehead atoms. The van der Waals surface area contributed by atoms with Gasteiger partial charge in [-0.2, -0.15) is 0 Å². The van der Waals surface area contributed by atoms with Crippen molar-refractivity contribution in [3.8, 4) is 11.5 Å². The predicted molar refractivity (Wildman–Crippen MR) is 78.6 cm³/mol. The van der Waals surface area contributed by atoms with Crippen LogP contribution >= 0.6 is 15.9 Å². The third kappa shape index (κ3) is 3.96. The molecule has 1 aromatic carbocycles. The zero-order valence-corrected chi connectivity index (χ0v) is 12.6. The van der Waals surface area contributed by atoms with Crippen LogP contribution in [0.5, 0.6) is 11.5 Å². The predicted octanol–water partition coefficient (Wildman–Crippen LogP) is 4.13. The molecular weight excluding hydrogens is 306 g/mol. The SMILES string of the molecule is CCOc1ccc(OCc2cc(C)ccn2)c(Br)c1. The molecule has 0 amide bonds. The molecule has 0 unspecified atom stereocenters. The summed E-state index contributed by atoms with van der Waals surface area (Å²) < 4.78 is 12.0. The lowest BCUT2D eigenvalue weighted by molar-refractivity contribution is 0.297. The first-order valence-corrected chi connectivity index (χ1v) is 6.95. The van der Waals surface area contributed by atoms with Gasteiger partial charge >= 0.3 is 0 Å². The summed E-state index contributed by atoms with van der Waals surface area (Å²) in [5.74, 6) is 1.61. The van der Waals surface area contributed by atoms with Crippen molar-refractivity contribution in [3.63, 3.8) is 0 Å². The lowest BCUT2D eigenvalue weighted by Gasteiger charge is -2.10. The Kier molecular flexibility index (Phi) is 4.80. The Hall–Kier alpha value is -1.55. The fraction of sp³-hybridized carbons (Fsp3) is 0.267. The molecule has 0 saturated carbocycles. The van der Waals surface area contributed by atoms with E-state index in [4.69, 9.17) is 9.47 Å². The molecule has 0 aliphatic carbocycles. The van der Waals surface area contributed by atoms with Gasteiger partial charge in [-0.25, -0.2) is 0 Å². The van der Waals surface area contributed by atoms with E-state index in [1.54, 1.807) is 6.20 Å². The van der Waals surface area contributed by atoms with E-state index in [-0.39, 0.29) is 0 Å². The quantitative estimate of drug-likeness (QED) is 0.829. The number of hydrogen-bond acceptors (Lipinski definition) is 3. The van der Waals surface area contributed by atoms with E-state index in [1.165, 1.54) is 5.56 Å². The van der Waals surface area contributed by atoms with Crippen LogP contribution < -0.4 is 9.47 Å². The fourth-order valence-corrected chi connectivity index (χ4v) is 2.16. The molecular formula is C15H16BrNO2. The zero-order valence-electron chi connectivity index (χ0n) is 11.0. The maximum Gasteiger partial charge on any atom is 0.134 e. The first kappa shape index (κ1) is 13.9. The molecule has 2 aromatic rings. The van der Waals surface area contributed by atoms with Crippen LogP contribution in [-0.2, 0) is 6.61 Å². The van der Waals surface area contributed by atoms with Crippen molar-refractivity contribution in [1.29, 1.82) is 0 Å². The van der Waals surface area contributed by atoms with Gasteiger partial charge < -0.3 is 9.47 Å². The highest BCUT2D eigenvalue weighted by molar-refractivity contribution is 9.10. The number of halogens is 1. The number of benzene rings is 1. The molecule has 0 fully saturated rings. The summed E-state index contributed by atoms with van der Waals surface area (Å²) in [4.78, 5) is 4.27. The molecule has 0 aliphatic rings. The number of aromatic nitrogens is 1. The Morgan fingerprint density at radius 3 is 2.68 bits per heavy atom. The number of nitrogens with zero attached hydrogens (tertiary/aromatic N) is 1. The summed E-state index contributed by atoms with van der Waals surface area (Å²) in [5.41, 5.74) is 2.10. The fourth-order valence-electron chi connectivity index (χ4n) is 1.68. The highest BCUT2D eigenvalue weighted by Crippen LogP contribution is 2.29. The number of ether oxygens (including phenoxy) is 2. The lowest BCUT2D eigenvalue weighted by atomic mass is 10.2. The van der Waals surface area contributed by atoms with Gasteiger partial charge in [0, 0.05) is 6.20 Å². The van der Waals surface area contributed by atoms with Crippen molar-refractivity contribution in [2.75, 3.05) is 6.61 Å². The largest absolute Gasteiger partial charge is 0.494 e. The summed E-state index contributed by atoms with van der Waals surface area (Å²) in [7, 11) is 0. The minimum absolute atomic E-state index is 0.453. The maximum absolute atomic E-state index is 5.75. The third-order valence-electron chi connectivity index (χ3n) is 2.56. The van der Waals surface area contributed by atoms with Crippen LogP contribution in [0.15, 0.2) is 41.0 Å². The average molecular weight is 322 g/mol. The van der Waals surface area contributed by atoms with E-state index in [1.807, 2.05) is 44.2 Å². The first-order chi connectivity index (χ1) is 9.19. The van der Waals surface area contributed by atoms with Gasteiger partial charge in [0.15, 0.2) is 0 Å². The van der Waals surface area contributed by atoms with Gasteiger partial charge in [0.25, 0.3) is 0 Å². The van der Waals surface area contributed by atoms with E-state index in [9.17, 15) is 0 Å². The molecule has 2 rings (SSSR count). The van der Waals surface area contributed by atoms with E-state index < -0.39 is 0 Å². The minimum Gasteiger partial charge on any atom is -0.494 e. The van der Waals surface area contributed by atoms with Gasteiger partial charge in [-0.1, -0.05) is 0 Å². The van der Waals surface area contributed by atoms with Gasteiger partial charge in [0.2, 0.25) is 0 Å². The van der Waals surface area contributed by atoms with Crippen LogP contribution in [0.3, 0.4) is 0 Å². The van der Waals surface area contributed by atoms with Crippen LogP contribution in [0, 0.1) is 6.92 Å². The number of rotatable bonds is 5. The van der Waals surface area contributed by atoms with Gasteiger partial charge in [-0.05, 0) is 65.7 Å². The van der Waals surface area contributed by atoms with Crippen molar-refractivity contribution in [1.82, 2.24) is 4.98 Å². The van der Waals surface area contributed by atoms with E-state index in [2.05, 4.69) is 20.9 Å². The minimum atomic E-state index is 0.453. The molecule has 0 radical (unpaired) electrons. The Labute approximate surface area is 121 Å². The van der Waals surface area contributed by atoms with Gasteiger partial charge in [-0.15, -0.1) is 0 Å². The summed E-state index contributed by atoms with van der Waals surface area (Å²) in [6.45, 7) is 5.10. The summed E-state index contributed by atoms with van der Waals surface area (Å²) >= 11 is 3.48. The molecule has 0 atom stereocenters. The second-order valence-electron chi connectivity index (χ2n) is 4.14. The van der Waals surface area contributed by atoms with Crippen LogP contribution in [0.1, 0.15) is 18.2 Å². The maximum atomic E-state index is 5.75. The second kappa shape index (κ2) is 6.57. The normalized spacial score (nSPS) is 10.3. The molecule has 19 heavy (non-hydrogen) atoms. The molecule has 1 heterocycles. The average Bonchev–Trinajstić information content (AvgIpc) is 2.38. The van der Waals surface area contributed by atoms with Crippen molar-refractivity contribution >= 4 is 15.9 Å². The summed E-state index contributed by atoms with van der Waals surface area (Å²) in [6, 6.07) is 9.68. The molecule has 0 spiro atoms. The van der Waals surface area contributed by atoms with Crippen LogP contribution in [0.4, 0.5) is 0 Å². The highest BCUT2D eigenvalue weighted by atomic mass is 79.9. The van der Waals surface area contributed by atoms with Crippen molar-refractivity contribution in [2.24, 2.45) is 0 Å². The first-order valence-electron chi connectivity index (χ1n) is 6.15. The van der Waals surface area contributed by atoms with Crippen molar-refractivity contribution < 1.29 is 9.47 Å². The van der Waals surface area contributed by atoms with Crippen LogP contribution in [0.2, 0.25) is 0 Å². The van der Waals surface area contributed by atoms with Crippen molar-refractivity contribution in [2.45, 2.75) is 20.5 Å². The topological polar surface area (TPSA) is 31.4 Å². The third-order valence-corrected chi connectivity index (χ3v) is 3.18. The highest BCUT2D eigenvalue weighted by Gasteiger charge is 2.04. The number of pyridine rings is 1. The van der Waals surface area contributed by atoms with Crippen LogP contribution in [0.25, 0.3) is 0 Å². The zero-order chi connectivity index (χ0) is 13.7. The van der Waals surface area contributed by atoms with Crippen molar-refractivity contribution in [3.05, 3.63) is 52.3 Å². The van der Waals surface area contributed by atoms with Gasteiger partial charge in [0.1, 0.15) is 18.1 Å². The molecule has 0 aliphatic heterocycles. The molecule has 3 nitrogen and oxygen atoms in total. The molecule has 0 saturated heterocycles.